The number of thioether (sulfide) groups is 2. The summed E-state index contributed by atoms with van der Waals surface area (Å²) in [4.78, 5) is 14.3. The van der Waals surface area contributed by atoms with Crippen LogP contribution in [0, 0.1) is 0 Å². The predicted octanol–water partition coefficient (Wildman–Crippen LogP) is 4.13. The van der Waals surface area contributed by atoms with Crippen molar-refractivity contribution in [2.24, 2.45) is 0 Å². The van der Waals surface area contributed by atoms with Crippen molar-refractivity contribution in [3.8, 4) is 5.75 Å². The molecule has 0 N–H and O–H groups in total. The predicted molar refractivity (Wildman–Crippen MR) is 102 cm³/mol. The Morgan fingerprint density at radius 1 is 1.08 bits per heavy atom. The molecule has 1 saturated heterocycles. The number of anilines is 1. The molecule has 0 radical (unpaired) electrons. The highest BCUT2D eigenvalue weighted by molar-refractivity contribution is 8.19. The van der Waals surface area contributed by atoms with E-state index in [4.69, 9.17) is 4.74 Å². The van der Waals surface area contributed by atoms with Gasteiger partial charge in [-0.1, -0.05) is 30.3 Å². The normalized spacial score (nSPS) is 17.1. The number of ether oxygens (including phenoxy) is 1. The molecule has 0 aliphatic carbocycles. The van der Waals surface area contributed by atoms with Crippen molar-refractivity contribution in [2.75, 3.05) is 29.6 Å². The molecule has 2 aliphatic heterocycles. The molecule has 24 heavy (non-hydrogen) atoms. The van der Waals surface area contributed by atoms with Crippen LogP contribution in [0.2, 0.25) is 0 Å². The van der Waals surface area contributed by atoms with Crippen molar-refractivity contribution >= 4 is 35.1 Å². The number of para-hydroxylation sites is 1. The van der Waals surface area contributed by atoms with E-state index in [0.717, 1.165) is 24.4 Å². The summed E-state index contributed by atoms with van der Waals surface area (Å²) in [5, 5.41) is 0. The average molecular weight is 358 g/mol. The van der Waals surface area contributed by atoms with Crippen molar-refractivity contribution in [3.05, 3.63) is 59.7 Å². The first-order chi connectivity index (χ1) is 11.8. The van der Waals surface area contributed by atoms with E-state index >= 15 is 0 Å². The maximum Gasteiger partial charge on any atom is 0.264 e. The first-order valence-corrected chi connectivity index (χ1v) is 10.3. The van der Waals surface area contributed by atoms with Crippen LogP contribution in [-0.2, 0) is 11.2 Å². The zero-order chi connectivity index (χ0) is 16.4. The molecule has 0 atom stereocenters. The quantitative estimate of drug-likeness (QED) is 0.823. The second kappa shape index (κ2) is 7.11. The number of amides is 1. The topological polar surface area (TPSA) is 29.5 Å². The largest absolute Gasteiger partial charge is 0.484 e. The van der Waals surface area contributed by atoms with Gasteiger partial charge in [0.1, 0.15) is 5.75 Å². The molecule has 0 aromatic heterocycles. The highest BCUT2D eigenvalue weighted by atomic mass is 32.2. The summed E-state index contributed by atoms with van der Waals surface area (Å²) < 4.78 is 6.25. The molecule has 2 aliphatic rings. The van der Waals surface area contributed by atoms with E-state index in [9.17, 15) is 4.79 Å². The summed E-state index contributed by atoms with van der Waals surface area (Å²) in [6.45, 7) is 0.831. The lowest BCUT2D eigenvalue weighted by Gasteiger charge is -2.17. The maximum absolute atomic E-state index is 12.5. The fraction of sp³-hybridized carbons (Fsp3) is 0.316. The Morgan fingerprint density at radius 2 is 1.83 bits per heavy atom. The van der Waals surface area contributed by atoms with Crippen LogP contribution in [0.4, 0.5) is 5.69 Å². The third-order valence-electron chi connectivity index (χ3n) is 4.32. The van der Waals surface area contributed by atoms with E-state index in [2.05, 4.69) is 18.2 Å². The Labute approximate surface area is 150 Å². The van der Waals surface area contributed by atoms with E-state index in [-0.39, 0.29) is 12.5 Å². The number of carbonyl (C=O) groups excluding carboxylic acids is 1. The molecule has 2 heterocycles. The van der Waals surface area contributed by atoms with Gasteiger partial charge in [-0.3, -0.25) is 4.79 Å². The molecule has 124 valence electrons. The summed E-state index contributed by atoms with van der Waals surface area (Å²) in [6.07, 6.45) is 0.924. The first kappa shape index (κ1) is 15.9. The summed E-state index contributed by atoms with van der Waals surface area (Å²) >= 11 is 3.98. The van der Waals surface area contributed by atoms with E-state index in [0.29, 0.717) is 4.58 Å². The molecular weight excluding hydrogens is 338 g/mol. The average Bonchev–Trinajstić information content (AvgIpc) is 3.30. The van der Waals surface area contributed by atoms with Crippen molar-refractivity contribution in [3.63, 3.8) is 0 Å². The zero-order valence-corrected chi connectivity index (χ0v) is 14.9. The minimum Gasteiger partial charge on any atom is -0.484 e. The number of benzene rings is 2. The Hall–Kier alpha value is -1.59. The smallest absolute Gasteiger partial charge is 0.264 e. The SMILES string of the molecule is O=C(COc1ccc(C2SCCS2)cc1)N1CCc2ccccc21. The van der Waals surface area contributed by atoms with Crippen LogP contribution >= 0.6 is 23.5 Å². The third-order valence-corrected chi connectivity index (χ3v) is 7.43. The van der Waals surface area contributed by atoms with Gasteiger partial charge in [0.15, 0.2) is 6.61 Å². The molecular formula is C19H19NO2S2. The molecule has 4 rings (SSSR count). The maximum atomic E-state index is 12.5. The van der Waals surface area contributed by atoms with Gasteiger partial charge in [-0.2, -0.15) is 0 Å². The van der Waals surface area contributed by atoms with Crippen LogP contribution in [0.25, 0.3) is 0 Å². The molecule has 0 spiro atoms. The van der Waals surface area contributed by atoms with Gasteiger partial charge in [0.2, 0.25) is 0 Å². The summed E-state index contributed by atoms with van der Waals surface area (Å²) in [7, 11) is 0. The van der Waals surface area contributed by atoms with Crippen molar-refractivity contribution in [1.82, 2.24) is 0 Å². The number of nitrogens with zero attached hydrogens (tertiary/aromatic N) is 1. The van der Waals surface area contributed by atoms with Crippen LogP contribution < -0.4 is 9.64 Å². The molecule has 0 unspecified atom stereocenters. The van der Waals surface area contributed by atoms with Gasteiger partial charge in [0.25, 0.3) is 5.91 Å². The lowest BCUT2D eigenvalue weighted by Crippen LogP contribution is -2.33. The summed E-state index contributed by atoms with van der Waals surface area (Å²) in [5.41, 5.74) is 3.59. The van der Waals surface area contributed by atoms with Gasteiger partial charge in [-0.15, -0.1) is 23.5 Å². The van der Waals surface area contributed by atoms with Gasteiger partial charge in [0, 0.05) is 23.7 Å². The number of hydrogen-bond donors (Lipinski definition) is 0. The summed E-state index contributed by atoms with van der Waals surface area (Å²) in [6, 6.07) is 16.3. The molecule has 2 aromatic carbocycles. The van der Waals surface area contributed by atoms with Gasteiger partial charge >= 0.3 is 0 Å². The van der Waals surface area contributed by atoms with Gasteiger partial charge in [-0.05, 0) is 35.7 Å². The lowest BCUT2D eigenvalue weighted by atomic mass is 10.2. The number of hydrogen-bond acceptors (Lipinski definition) is 4. The first-order valence-electron chi connectivity index (χ1n) is 8.15. The highest BCUT2D eigenvalue weighted by Gasteiger charge is 2.24. The molecule has 5 heteroatoms. The fourth-order valence-corrected chi connectivity index (χ4v) is 5.95. The van der Waals surface area contributed by atoms with E-state index in [1.54, 1.807) is 0 Å². The van der Waals surface area contributed by atoms with Gasteiger partial charge in [0.05, 0.1) is 4.58 Å². The Balaban J connectivity index is 1.36. The minimum absolute atomic E-state index is 0.0194. The molecule has 1 fully saturated rings. The van der Waals surface area contributed by atoms with E-state index in [1.165, 1.54) is 22.6 Å². The van der Waals surface area contributed by atoms with Gasteiger partial charge < -0.3 is 9.64 Å². The molecule has 1 amide bonds. The second-order valence-corrected chi connectivity index (χ2v) is 8.58. The Bertz CT molecular complexity index is 726. The number of fused-ring (bicyclic) bond motifs is 1. The molecule has 0 bridgehead atoms. The van der Waals surface area contributed by atoms with E-state index in [1.807, 2.05) is 58.8 Å². The van der Waals surface area contributed by atoms with Crippen LogP contribution in [0.5, 0.6) is 5.75 Å². The standard InChI is InChI=1S/C19H19NO2S2/c21-18(20-10-9-14-3-1-2-4-17(14)20)13-22-16-7-5-15(6-8-16)19-23-11-12-24-19/h1-8,19H,9-13H2. The van der Waals surface area contributed by atoms with Crippen molar-refractivity contribution < 1.29 is 9.53 Å². The second-order valence-electron chi connectivity index (χ2n) is 5.86. The lowest BCUT2D eigenvalue weighted by molar-refractivity contribution is -0.120. The van der Waals surface area contributed by atoms with Gasteiger partial charge in [-0.25, -0.2) is 0 Å². The summed E-state index contributed by atoms with van der Waals surface area (Å²) in [5.74, 6) is 3.22. The minimum atomic E-state index is 0.0194. The third kappa shape index (κ3) is 3.28. The molecule has 2 aromatic rings. The van der Waals surface area contributed by atoms with E-state index < -0.39 is 0 Å². The Kier molecular flexibility index (Phi) is 4.72. The van der Waals surface area contributed by atoms with Crippen molar-refractivity contribution in [2.45, 2.75) is 11.0 Å². The molecule has 0 saturated carbocycles. The number of rotatable bonds is 4. The van der Waals surface area contributed by atoms with Crippen LogP contribution in [0.15, 0.2) is 48.5 Å². The van der Waals surface area contributed by atoms with Crippen LogP contribution in [0.3, 0.4) is 0 Å². The van der Waals surface area contributed by atoms with Crippen LogP contribution in [0.1, 0.15) is 15.7 Å². The Morgan fingerprint density at radius 3 is 2.62 bits per heavy atom. The number of carbonyl (C=O) groups is 1. The highest BCUT2D eigenvalue weighted by Crippen LogP contribution is 2.45. The monoisotopic (exact) mass is 357 g/mol. The fourth-order valence-electron chi connectivity index (χ4n) is 3.09. The molecule has 3 nitrogen and oxygen atoms in total. The zero-order valence-electron chi connectivity index (χ0n) is 13.3. The van der Waals surface area contributed by atoms with Crippen molar-refractivity contribution in [1.29, 1.82) is 0 Å². The van der Waals surface area contributed by atoms with Crippen LogP contribution in [-0.4, -0.2) is 30.6 Å².